The summed E-state index contributed by atoms with van der Waals surface area (Å²) in [5, 5.41) is 0. The normalized spacial score (nSPS) is 17.1. The van der Waals surface area contributed by atoms with Crippen LogP contribution in [0, 0.1) is 11.3 Å². The van der Waals surface area contributed by atoms with Crippen LogP contribution >= 0.6 is 0 Å². The smallest absolute Gasteiger partial charge is 0.179 e. The average Bonchev–Trinajstić information content (AvgIpc) is 2.90. The van der Waals surface area contributed by atoms with Crippen molar-refractivity contribution in [2.75, 3.05) is 19.0 Å². The minimum absolute atomic E-state index is 0.0673. The van der Waals surface area contributed by atoms with Gasteiger partial charge in [-0.3, -0.25) is 0 Å². The molecule has 0 N–H and O–H groups in total. The number of hydrogen-bond donors (Lipinski definition) is 0. The van der Waals surface area contributed by atoms with Gasteiger partial charge in [0.1, 0.15) is 11.3 Å². The lowest BCUT2D eigenvalue weighted by atomic mass is 9.91. The van der Waals surface area contributed by atoms with Crippen molar-refractivity contribution in [2.45, 2.75) is 58.4 Å². The number of aromatic nitrogens is 3. The summed E-state index contributed by atoms with van der Waals surface area (Å²) < 4.78 is 32.1. The maximum Gasteiger partial charge on any atom is 0.179 e. The highest BCUT2D eigenvalue weighted by molar-refractivity contribution is 7.91. The van der Waals surface area contributed by atoms with Crippen molar-refractivity contribution in [1.82, 2.24) is 14.5 Å². The summed E-state index contributed by atoms with van der Waals surface area (Å²) in [7, 11) is -3.28. The summed E-state index contributed by atoms with van der Waals surface area (Å²) >= 11 is 0. The van der Waals surface area contributed by atoms with Crippen molar-refractivity contribution in [1.29, 1.82) is 0 Å². The van der Waals surface area contributed by atoms with Gasteiger partial charge in [-0.15, -0.1) is 0 Å². The van der Waals surface area contributed by atoms with Crippen LogP contribution in [0.1, 0.15) is 46.4 Å². The molecular formula is C19H29N3O3S. The minimum atomic E-state index is -3.28. The molecular weight excluding hydrogens is 350 g/mol. The van der Waals surface area contributed by atoms with Crippen LogP contribution in [0.2, 0.25) is 0 Å². The Kier molecular flexibility index (Phi) is 5.40. The quantitative estimate of drug-likeness (QED) is 0.797. The standard InChI is InChI=1S/C19H29N3O3S/c1-5-26(23,24)15-10-16-18(20-12-15)22(13-14-6-8-25-9-7-14)17(21-16)11-19(2,3)4/h10,12,14H,5-9,11,13H2,1-4H3. The molecule has 0 saturated carbocycles. The molecule has 7 heteroatoms. The van der Waals surface area contributed by atoms with Crippen molar-refractivity contribution in [2.24, 2.45) is 11.3 Å². The fourth-order valence-electron chi connectivity index (χ4n) is 3.36. The summed E-state index contributed by atoms with van der Waals surface area (Å²) in [5.74, 6) is 1.59. The summed E-state index contributed by atoms with van der Waals surface area (Å²) in [4.78, 5) is 9.53. The molecule has 1 aliphatic heterocycles. The summed E-state index contributed by atoms with van der Waals surface area (Å²) in [6, 6.07) is 1.67. The van der Waals surface area contributed by atoms with Gasteiger partial charge in [-0.25, -0.2) is 18.4 Å². The molecule has 0 atom stereocenters. The second-order valence-electron chi connectivity index (χ2n) is 8.35. The van der Waals surface area contributed by atoms with Crippen LogP contribution in [0.3, 0.4) is 0 Å². The van der Waals surface area contributed by atoms with Gasteiger partial charge in [0.25, 0.3) is 0 Å². The predicted molar refractivity (Wildman–Crippen MR) is 102 cm³/mol. The van der Waals surface area contributed by atoms with Crippen LogP contribution in [0.15, 0.2) is 17.2 Å². The minimum Gasteiger partial charge on any atom is -0.381 e. The van der Waals surface area contributed by atoms with Gasteiger partial charge >= 0.3 is 0 Å². The molecule has 0 amide bonds. The number of imidazole rings is 1. The van der Waals surface area contributed by atoms with Crippen LogP contribution in [0.5, 0.6) is 0 Å². The van der Waals surface area contributed by atoms with Gasteiger partial charge in [0.05, 0.1) is 10.6 Å². The third kappa shape index (κ3) is 4.26. The van der Waals surface area contributed by atoms with E-state index in [9.17, 15) is 8.42 Å². The first kappa shape index (κ1) is 19.3. The van der Waals surface area contributed by atoms with Gasteiger partial charge in [-0.05, 0) is 30.2 Å². The first-order valence-electron chi connectivity index (χ1n) is 9.35. The molecule has 3 rings (SSSR count). The third-order valence-electron chi connectivity index (χ3n) is 4.85. The number of ether oxygens (including phenoxy) is 1. The van der Waals surface area contributed by atoms with Crippen LogP contribution in [-0.2, 0) is 27.5 Å². The molecule has 0 aromatic carbocycles. The summed E-state index contributed by atoms with van der Waals surface area (Å²) in [5.41, 5.74) is 1.55. The fourth-order valence-corrected chi connectivity index (χ4v) is 4.20. The molecule has 3 heterocycles. The van der Waals surface area contributed by atoms with Crippen molar-refractivity contribution in [3.63, 3.8) is 0 Å². The Balaban J connectivity index is 2.04. The monoisotopic (exact) mass is 379 g/mol. The highest BCUT2D eigenvalue weighted by Crippen LogP contribution is 2.27. The molecule has 1 saturated heterocycles. The molecule has 1 aliphatic rings. The van der Waals surface area contributed by atoms with E-state index in [0.717, 1.165) is 50.5 Å². The Bertz CT molecular complexity index is 875. The molecule has 0 aliphatic carbocycles. The van der Waals surface area contributed by atoms with Gasteiger partial charge in [-0.2, -0.15) is 0 Å². The van der Waals surface area contributed by atoms with Crippen LogP contribution in [-0.4, -0.2) is 41.9 Å². The Hall–Kier alpha value is -1.47. The molecule has 1 fully saturated rings. The zero-order chi connectivity index (χ0) is 18.9. The zero-order valence-corrected chi connectivity index (χ0v) is 17.0. The highest BCUT2D eigenvalue weighted by atomic mass is 32.2. The number of sulfone groups is 1. The Morgan fingerprint density at radius 3 is 2.58 bits per heavy atom. The first-order chi connectivity index (χ1) is 12.2. The summed E-state index contributed by atoms with van der Waals surface area (Å²) in [6.45, 7) is 10.7. The van der Waals surface area contributed by atoms with Gasteiger partial charge in [0.15, 0.2) is 15.5 Å². The van der Waals surface area contributed by atoms with E-state index >= 15 is 0 Å². The van der Waals surface area contributed by atoms with Crippen molar-refractivity contribution in [3.8, 4) is 0 Å². The first-order valence-corrected chi connectivity index (χ1v) is 11.0. The van der Waals surface area contributed by atoms with E-state index < -0.39 is 9.84 Å². The van der Waals surface area contributed by atoms with Gasteiger partial charge < -0.3 is 9.30 Å². The van der Waals surface area contributed by atoms with Crippen LogP contribution in [0.25, 0.3) is 11.2 Å². The Labute approximate surface area is 155 Å². The van der Waals surface area contributed by atoms with Crippen LogP contribution < -0.4 is 0 Å². The Morgan fingerprint density at radius 2 is 1.96 bits per heavy atom. The number of rotatable bonds is 5. The average molecular weight is 380 g/mol. The molecule has 2 aromatic heterocycles. The fraction of sp³-hybridized carbons (Fsp3) is 0.684. The molecule has 144 valence electrons. The second kappa shape index (κ2) is 7.27. The lowest BCUT2D eigenvalue weighted by Gasteiger charge is -2.24. The lowest BCUT2D eigenvalue weighted by Crippen LogP contribution is -2.23. The van der Waals surface area contributed by atoms with Crippen molar-refractivity contribution in [3.05, 3.63) is 18.1 Å². The van der Waals surface area contributed by atoms with E-state index in [1.54, 1.807) is 13.0 Å². The second-order valence-corrected chi connectivity index (χ2v) is 10.6. The third-order valence-corrected chi connectivity index (χ3v) is 6.55. The molecule has 0 unspecified atom stereocenters. The zero-order valence-electron chi connectivity index (χ0n) is 16.2. The van der Waals surface area contributed by atoms with Crippen LogP contribution in [0.4, 0.5) is 0 Å². The number of fused-ring (bicyclic) bond motifs is 1. The summed E-state index contributed by atoms with van der Waals surface area (Å²) in [6.07, 6.45) is 4.38. The molecule has 0 spiro atoms. The maximum absolute atomic E-state index is 12.2. The number of pyridine rings is 1. The molecule has 2 aromatic rings. The lowest BCUT2D eigenvalue weighted by molar-refractivity contribution is 0.0612. The molecule has 6 nitrogen and oxygen atoms in total. The predicted octanol–water partition coefficient (Wildman–Crippen LogP) is 3.24. The van der Waals surface area contributed by atoms with E-state index in [1.165, 1.54) is 6.20 Å². The van der Waals surface area contributed by atoms with Gasteiger partial charge in [0, 0.05) is 32.4 Å². The van der Waals surface area contributed by atoms with E-state index in [2.05, 4.69) is 30.3 Å². The van der Waals surface area contributed by atoms with E-state index in [4.69, 9.17) is 9.72 Å². The largest absolute Gasteiger partial charge is 0.381 e. The van der Waals surface area contributed by atoms with Crippen molar-refractivity contribution < 1.29 is 13.2 Å². The van der Waals surface area contributed by atoms with E-state index in [0.29, 0.717) is 11.4 Å². The Morgan fingerprint density at radius 1 is 1.27 bits per heavy atom. The SMILES string of the molecule is CCS(=O)(=O)c1cnc2c(c1)nc(CC(C)(C)C)n2CC1CCOCC1. The van der Waals surface area contributed by atoms with E-state index in [-0.39, 0.29) is 16.1 Å². The topological polar surface area (TPSA) is 74.1 Å². The number of nitrogens with zero attached hydrogens (tertiary/aromatic N) is 3. The van der Waals surface area contributed by atoms with E-state index in [1.807, 2.05) is 0 Å². The maximum atomic E-state index is 12.2. The molecule has 0 bridgehead atoms. The van der Waals surface area contributed by atoms with Crippen molar-refractivity contribution >= 4 is 21.0 Å². The molecule has 0 radical (unpaired) electrons. The van der Waals surface area contributed by atoms with Gasteiger partial charge in [-0.1, -0.05) is 27.7 Å². The highest BCUT2D eigenvalue weighted by Gasteiger charge is 2.23. The molecule has 26 heavy (non-hydrogen) atoms. The van der Waals surface area contributed by atoms with Gasteiger partial charge in [0.2, 0.25) is 0 Å². The number of hydrogen-bond acceptors (Lipinski definition) is 5.